The molecule has 1 fully saturated rings. The molecule has 3 nitrogen and oxygen atoms in total. The number of fused-ring (bicyclic) bond motifs is 1. The molecule has 0 aliphatic heterocycles. The van der Waals surface area contributed by atoms with Gasteiger partial charge in [0.05, 0.1) is 11.6 Å². The van der Waals surface area contributed by atoms with Crippen LogP contribution in [0.4, 0.5) is 0 Å². The number of H-pyrrole nitrogens is 1. The molecule has 2 aromatic rings. The van der Waals surface area contributed by atoms with Crippen molar-refractivity contribution in [1.82, 2.24) is 9.88 Å². The molecule has 1 heterocycles. The summed E-state index contributed by atoms with van der Waals surface area (Å²) in [6, 6.07) is 8.15. The van der Waals surface area contributed by atoms with Gasteiger partial charge in [0.15, 0.2) is 0 Å². The topological polar surface area (TPSA) is 42.8 Å². The molecule has 1 aromatic heterocycles. The van der Waals surface area contributed by atoms with Gasteiger partial charge < -0.3 is 9.88 Å². The van der Waals surface area contributed by atoms with Crippen molar-refractivity contribution >= 4 is 10.9 Å². The van der Waals surface area contributed by atoms with Crippen LogP contribution < -0.4 is 0 Å². The van der Waals surface area contributed by atoms with Crippen molar-refractivity contribution < 1.29 is 0 Å². The molecule has 1 unspecified atom stereocenters. The number of nitrogens with one attached hydrogen (secondary N) is 1. The molecular formula is C18H21N3. The normalized spacial score (nSPS) is 22.0. The number of benzene rings is 1. The smallest absolute Gasteiger partial charge is 0.0991 e. The number of aromatic nitrogens is 1. The fourth-order valence-electron chi connectivity index (χ4n) is 3.41. The summed E-state index contributed by atoms with van der Waals surface area (Å²) in [5, 5.41) is 10.3. The highest BCUT2D eigenvalue weighted by molar-refractivity contribution is 5.85. The summed E-state index contributed by atoms with van der Waals surface area (Å²) in [6.45, 7) is 0. The van der Waals surface area contributed by atoms with Crippen LogP contribution in [-0.2, 0) is 0 Å². The van der Waals surface area contributed by atoms with E-state index < -0.39 is 0 Å². The average Bonchev–Trinajstić information content (AvgIpc) is 3.10. The molecule has 0 bridgehead atoms. The molecular weight excluding hydrogens is 258 g/mol. The summed E-state index contributed by atoms with van der Waals surface area (Å²) < 4.78 is 0. The van der Waals surface area contributed by atoms with E-state index in [-0.39, 0.29) is 0 Å². The maximum absolute atomic E-state index is 9.11. The van der Waals surface area contributed by atoms with Crippen molar-refractivity contribution in [3.05, 3.63) is 47.8 Å². The Labute approximate surface area is 125 Å². The molecule has 0 spiro atoms. The monoisotopic (exact) mass is 279 g/mol. The summed E-state index contributed by atoms with van der Waals surface area (Å²) in [7, 11) is 4.12. The standard InChI is InChI=1S/C18H21N3/c1-21(2)9-8-14-4-3-5-15(14)17-12-20-18-7-6-13(11-19)10-16(17)18/h6-10,12,14-15,20H,3-5H2,1-2H3/b9-8+/t14?,15-/m0/s1. The molecule has 108 valence electrons. The zero-order valence-electron chi connectivity index (χ0n) is 12.6. The largest absolute Gasteiger partial charge is 0.384 e. The Hall–Kier alpha value is -2.21. The van der Waals surface area contributed by atoms with Crippen molar-refractivity contribution in [2.45, 2.75) is 25.2 Å². The highest BCUT2D eigenvalue weighted by Gasteiger charge is 2.28. The van der Waals surface area contributed by atoms with Crippen LogP contribution in [0.2, 0.25) is 0 Å². The zero-order chi connectivity index (χ0) is 14.8. The fourth-order valence-corrected chi connectivity index (χ4v) is 3.41. The van der Waals surface area contributed by atoms with Gasteiger partial charge in [-0.05, 0) is 54.6 Å². The van der Waals surface area contributed by atoms with Crippen molar-refractivity contribution in [3.63, 3.8) is 0 Å². The lowest BCUT2D eigenvalue weighted by Gasteiger charge is -2.17. The number of allylic oxidation sites excluding steroid dienone is 1. The Balaban J connectivity index is 1.97. The van der Waals surface area contributed by atoms with E-state index in [9.17, 15) is 0 Å². The van der Waals surface area contributed by atoms with Gasteiger partial charge in [0.2, 0.25) is 0 Å². The first kappa shape index (κ1) is 13.8. The molecule has 0 amide bonds. The quantitative estimate of drug-likeness (QED) is 0.922. The van der Waals surface area contributed by atoms with E-state index in [1.165, 1.54) is 30.2 Å². The van der Waals surface area contributed by atoms with Gasteiger partial charge in [0, 0.05) is 31.2 Å². The zero-order valence-corrected chi connectivity index (χ0v) is 12.6. The molecule has 1 saturated carbocycles. The molecule has 1 aromatic carbocycles. The van der Waals surface area contributed by atoms with E-state index in [0.717, 1.165) is 11.1 Å². The molecule has 0 saturated heterocycles. The number of hydrogen-bond acceptors (Lipinski definition) is 2. The third-order valence-electron chi connectivity index (χ3n) is 4.44. The molecule has 3 heteroatoms. The lowest BCUT2D eigenvalue weighted by molar-refractivity contribution is 0.536. The minimum atomic E-state index is 0.559. The Bertz CT molecular complexity index is 703. The SMILES string of the molecule is CN(C)/C=C/C1CCC[C@@H]1c1c[nH]c2ccc(C#N)cc12. The molecule has 1 N–H and O–H groups in total. The molecule has 2 atom stereocenters. The van der Waals surface area contributed by atoms with Crippen LogP contribution in [0.15, 0.2) is 36.7 Å². The molecule has 1 aliphatic rings. The van der Waals surface area contributed by atoms with Crippen LogP contribution in [0.3, 0.4) is 0 Å². The van der Waals surface area contributed by atoms with Gasteiger partial charge in [-0.1, -0.05) is 12.5 Å². The Morgan fingerprint density at radius 1 is 1.33 bits per heavy atom. The fraction of sp³-hybridized carbons (Fsp3) is 0.389. The van der Waals surface area contributed by atoms with Gasteiger partial charge >= 0.3 is 0 Å². The third kappa shape index (κ3) is 2.67. The van der Waals surface area contributed by atoms with Gasteiger partial charge in [-0.3, -0.25) is 0 Å². The van der Waals surface area contributed by atoms with E-state index >= 15 is 0 Å². The van der Waals surface area contributed by atoms with Gasteiger partial charge in [0.25, 0.3) is 0 Å². The Morgan fingerprint density at radius 3 is 2.95 bits per heavy atom. The molecule has 3 rings (SSSR count). The van der Waals surface area contributed by atoms with Crippen LogP contribution in [0.1, 0.15) is 36.3 Å². The van der Waals surface area contributed by atoms with Crippen molar-refractivity contribution in [2.24, 2.45) is 5.92 Å². The lowest BCUT2D eigenvalue weighted by Crippen LogP contribution is -2.06. The third-order valence-corrected chi connectivity index (χ3v) is 4.44. The van der Waals surface area contributed by atoms with Gasteiger partial charge in [-0.15, -0.1) is 0 Å². The second kappa shape index (κ2) is 5.65. The predicted molar refractivity (Wildman–Crippen MR) is 85.9 cm³/mol. The number of aromatic amines is 1. The molecule has 1 aliphatic carbocycles. The first-order chi connectivity index (χ1) is 10.2. The van der Waals surface area contributed by atoms with E-state index in [2.05, 4.69) is 48.5 Å². The molecule has 0 radical (unpaired) electrons. The van der Waals surface area contributed by atoms with Crippen LogP contribution in [0.5, 0.6) is 0 Å². The first-order valence-electron chi connectivity index (χ1n) is 7.55. The first-order valence-corrected chi connectivity index (χ1v) is 7.55. The minimum Gasteiger partial charge on any atom is -0.384 e. The van der Waals surface area contributed by atoms with Crippen molar-refractivity contribution in [2.75, 3.05) is 14.1 Å². The van der Waals surface area contributed by atoms with Crippen molar-refractivity contribution in [1.29, 1.82) is 5.26 Å². The lowest BCUT2D eigenvalue weighted by atomic mass is 9.88. The van der Waals surface area contributed by atoms with Crippen molar-refractivity contribution in [3.8, 4) is 6.07 Å². The highest BCUT2D eigenvalue weighted by atomic mass is 15.0. The Morgan fingerprint density at radius 2 is 2.19 bits per heavy atom. The van der Waals surface area contributed by atoms with Gasteiger partial charge in [0.1, 0.15) is 0 Å². The summed E-state index contributed by atoms with van der Waals surface area (Å²) in [6.07, 6.45) is 10.4. The average molecular weight is 279 g/mol. The summed E-state index contributed by atoms with van der Waals surface area (Å²) in [4.78, 5) is 5.45. The second-order valence-corrected chi connectivity index (χ2v) is 6.12. The molecule has 21 heavy (non-hydrogen) atoms. The highest BCUT2D eigenvalue weighted by Crippen LogP contribution is 2.43. The number of nitriles is 1. The van der Waals surface area contributed by atoms with E-state index in [1.54, 1.807) is 0 Å². The van der Waals surface area contributed by atoms with E-state index in [1.807, 2.05) is 18.2 Å². The van der Waals surface area contributed by atoms with Crippen LogP contribution in [0, 0.1) is 17.2 Å². The maximum Gasteiger partial charge on any atom is 0.0991 e. The summed E-state index contributed by atoms with van der Waals surface area (Å²) in [5.41, 5.74) is 3.24. The summed E-state index contributed by atoms with van der Waals surface area (Å²) >= 11 is 0. The number of hydrogen-bond donors (Lipinski definition) is 1. The van der Waals surface area contributed by atoms with E-state index in [4.69, 9.17) is 5.26 Å². The van der Waals surface area contributed by atoms with Crippen LogP contribution >= 0.6 is 0 Å². The second-order valence-electron chi connectivity index (χ2n) is 6.12. The minimum absolute atomic E-state index is 0.559. The van der Waals surface area contributed by atoms with E-state index in [0.29, 0.717) is 11.8 Å². The predicted octanol–water partition coefficient (Wildman–Crippen LogP) is 4.00. The summed E-state index contributed by atoms with van der Waals surface area (Å²) in [5.74, 6) is 1.15. The van der Waals surface area contributed by atoms with Gasteiger partial charge in [-0.2, -0.15) is 5.26 Å². The number of nitrogens with zero attached hydrogens (tertiary/aromatic N) is 2. The number of rotatable bonds is 3. The van der Waals surface area contributed by atoms with Gasteiger partial charge in [-0.25, -0.2) is 0 Å². The Kier molecular flexibility index (Phi) is 3.70. The maximum atomic E-state index is 9.11. The van der Waals surface area contributed by atoms with Crippen LogP contribution in [0.25, 0.3) is 10.9 Å². The van der Waals surface area contributed by atoms with Crippen LogP contribution in [-0.4, -0.2) is 24.0 Å².